The number of hydrogen-bond acceptors (Lipinski definition) is 7. The molecule has 39 heavy (non-hydrogen) atoms. The first-order valence-corrected chi connectivity index (χ1v) is 13.6. The van der Waals surface area contributed by atoms with Crippen LogP contribution in [0.25, 0.3) is 0 Å². The van der Waals surface area contributed by atoms with Crippen molar-refractivity contribution in [3.8, 4) is 5.75 Å². The van der Waals surface area contributed by atoms with Gasteiger partial charge in [-0.1, -0.05) is 35.3 Å². The number of anilines is 1. The maximum absolute atomic E-state index is 13.0. The van der Waals surface area contributed by atoms with Crippen LogP contribution in [0.4, 0.5) is 10.6 Å². The number of amides is 2. The molecule has 12 heteroatoms. The number of hydrogen-bond donors (Lipinski definition) is 2. The van der Waals surface area contributed by atoms with E-state index in [0.29, 0.717) is 30.3 Å². The number of thiophene rings is 1. The fourth-order valence-electron chi connectivity index (χ4n) is 3.42. The predicted octanol–water partition coefficient (Wildman–Crippen LogP) is 5.87. The third-order valence-electron chi connectivity index (χ3n) is 5.27. The Bertz CT molecular complexity index is 1320. The van der Waals surface area contributed by atoms with Crippen LogP contribution in [0.5, 0.6) is 5.75 Å². The van der Waals surface area contributed by atoms with E-state index in [-0.39, 0.29) is 22.0 Å². The van der Waals surface area contributed by atoms with Crippen LogP contribution in [-0.2, 0) is 22.4 Å². The van der Waals surface area contributed by atoms with Crippen LogP contribution < -0.4 is 15.0 Å². The fraction of sp³-hybridized carbons (Fsp3) is 0.333. The molecule has 3 rings (SSSR count). The molecule has 2 heterocycles. The predicted molar refractivity (Wildman–Crippen MR) is 151 cm³/mol. The van der Waals surface area contributed by atoms with Gasteiger partial charge in [0.2, 0.25) is 0 Å². The lowest BCUT2D eigenvalue weighted by molar-refractivity contribution is -0.157. The summed E-state index contributed by atoms with van der Waals surface area (Å²) in [5.74, 6) is -0.256. The molecule has 1 unspecified atom stereocenters. The lowest BCUT2D eigenvalue weighted by Gasteiger charge is -2.24. The normalized spacial score (nSPS) is 11.9. The molecule has 3 aromatic rings. The van der Waals surface area contributed by atoms with Crippen molar-refractivity contribution in [2.45, 2.75) is 45.3 Å². The van der Waals surface area contributed by atoms with Crippen LogP contribution in [0.3, 0.4) is 0 Å². The van der Waals surface area contributed by atoms with Gasteiger partial charge in [0.1, 0.15) is 23.2 Å². The van der Waals surface area contributed by atoms with Crippen LogP contribution in [0.15, 0.2) is 47.8 Å². The highest BCUT2D eigenvalue weighted by Crippen LogP contribution is 2.26. The van der Waals surface area contributed by atoms with E-state index >= 15 is 0 Å². The zero-order valence-electron chi connectivity index (χ0n) is 21.9. The lowest BCUT2D eigenvalue weighted by atomic mass is 10.1. The Morgan fingerprint density at radius 2 is 1.79 bits per heavy atom. The minimum absolute atomic E-state index is 0.0804. The summed E-state index contributed by atoms with van der Waals surface area (Å²) in [6.45, 7) is 5.54. The first kappa shape index (κ1) is 30.2. The van der Waals surface area contributed by atoms with E-state index in [1.54, 1.807) is 68.6 Å². The summed E-state index contributed by atoms with van der Waals surface area (Å²) in [6, 6.07) is 10.7. The highest BCUT2D eigenvalue weighted by atomic mass is 35.5. The smallest absolute Gasteiger partial charge is 0.412 e. The molecule has 9 nitrogen and oxygen atoms in total. The van der Waals surface area contributed by atoms with Gasteiger partial charge in [0.15, 0.2) is 0 Å². The first-order chi connectivity index (χ1) is 18.3. The first-order valence-electron chi connectivity index (χ1n) is 11.9. The van der Waals surface area contributed by atoms with Gasteiger partial charge in [-0.2, -0.15) is 0 Å². The highest BCUT2D eigenvalue weighted by Gasteiger charge is 2.29. The minimum Gasteiger partial charge on any atom is -0.492 e. The van der Waals surface area contributed by atoms with Crippen molar-refractivity contribution >= 4 is 58.3 Å². The number of carboxylic acid groups (broad SMARTS) is 1. The molecule has 0 fully saturated rings. The zero-order valence-corrected chi connectivity index (χ0v) is 24.2. The van der Waals surface area contributed by atoms with E-state index in [1.165, 1.54) is 18.4 Å². The van der Waals surface area contributed by atoms with E-state index in [1.807, 2.05) is 0 Å². The SMILES string of the molecule is CN(C(=O)O)c1cccc(CCOc2csc(CC(NC(=O)c3c(Cl)cccc3Cl)C(=O)OC(C)(C)C)c2)n1. The number of benzene rings is 1. The van der Waals surface area contributed by atoms with E-state index < -0.39 is 29.6 Å². The quantitative estimate of drug-likeness (QED) is 0.282. The largest absolute Gasteiger partial charge is 0.492 e. The van der Waals surface area contributed by atoms with E-state index in [2.05, 4.69) is 10.3 Å². The second kappa shape index (κ2) is 13.1. The Kier molecular flexibility index (Phi) is 10.2. The van der Waals surface area contributed by atoms with E-state index in [0.717, 1.165) is 9.78 Å². The molecule has 2 amide bonds. The second-order valence-electron chi connectivity index (χ2n) is 9.54. The molecule has 0 spiro atoms. The van der Waals surface area contributed by atoms with Crippen molar-refractivity contribution in [2.75, 3.05) is 18.6 Å². The van der Waals surface area contributed by atoms with Gasteiger partial charge in [-0.05, 0) is 51.1 Å². The number of nitrogens with one attached hydrogen (secondary N) is 1. The fourth-order valence-corrected chi connectivity index (χ4v) is 4.84. The molecule has 208 valence electrons. The molecule has 0 saturated carbocycles. The number of halogens is 2. The minimum atomic E-state index is -1.10. The third-order valence-corrected chi connectivity index (χ3v) is 6.84. The van der Waals surface area contributed by atoms with Crippen molar-refractivity contribution in [2.24, 2.45) is 0 Å². The van der Waals surface area contributed by atoms with Crippen molar-refractivity contribution < 1.29 is 29.0 Å². The third kappa shape index (κ3) is 8.84. The Morgan fingerprint density at radius 3 is 2.44 bits per heavy atom. The molecule has 0 aliphatic rings. The molecule has 0 aliphatic heterocycles. The number of carbonyl (C=O) groups excluding carboxylic acids is 2. The molecule has 0 bridgehead atoms. The number of carbonyl (C=O) groups is 3. The van der Waals surface area contributed by atoms with Gasteiger partial charge < -0.3 is 19.9 Å². The maximum atomic E-state index is 13.0. The van der Waals surface area contributed by atoms with Gasteiger partial charge in [0.05, 0.1) is 22.2 Å². The number of ether oxygens (including phenoxy) is 2. The topological polar surface area (TPSA) is 118 Å². The number of nitrogens with zero attached hydrogens (tertiary/aromatic N) is 2. The van der Waals surface area contributed by atoms with Gasteiger partial charge >= 0.3 is 12.1 Å². The maximum Gasteiger partial charge on any atom is 0.412 e. The average Bonchev–Trinajstić information content (AvgIpc) is 3.29. The zero-order chi connectivity index (χ0) is 28.7. The number of esters is 1. The second-order valence-corrected chi connectivity index (χ2v) is 11.3. The van der Waals surface area contributed by atoms with Crippen molar-refractivity contribution in [1.29, 1.82) is 0 Å². The summed E-state index contributed by atoms with van der Waals surface area (Å²) >= 11 is 13.7. The van der Waals surface area contributed by atoms with E-state index in [4.69, 9.17) is 37.8 Å². The Hall–Kier alpha value is -3.34. The molecule has 2 aromatic heterocycles. The lowest BCUT2D eigenvalue weighted by Crippen LogP contribution is -2.45. The molecule has 0 aliphatic carbocycles. The Labute approximate surface area is 240 Å². The summed E-state index contributed by atoms with van der Waals surface area (Å²) in [7, 11) is 1.42. The number of pyridine rings is 1. The Balaban J connectivity index is 1.67. The summed E-state index contributed by atoms with van der Waals surface area (Å²) in [4.78, 5) is 43.3. The van der Waals surface area contributed by atoms with Crippen LogP contribution in [0.2, 0.25) is 10.0 Å². The molecule has 2 N–H and O–H groups in total. The van der Waals surface area contributed by atoms with Gasteiger partial charge in [0.25, 0.3) is 5.91 Å². The van der Waals surface area contributed by atoms with Gasteiger partial charge in [-0.15, -0.1) is 11.3 Å². The molecule has 1 atom stereocenters. The van der Waals surface area contributed by atoms with E-state index in [9.17, 15) is 14.4 Å². The average molecular weight is 595 g/mol. The molecular weight excluding hydrogens is 565 g/mol. The monoisotopic (exact) mass is 593 g/mol. The summed E-state index contributed by atoms with van der Waals surface area (Å²) in [5, 5.41) is 14.0. The van der Waals surface area contributed by atoms with Gasteiger partial charge in [0, 0.05) is 35.8 Å². The summed E-state index contributed by atoms with van der Waals surface area (Å²) in [6.07, 6.45) is -0.471. The van der Waals surface area contributed by atoms with Crippen molar-refractivity contribution in [3.63, 3.8) is 0 Å². The molecule has 0 radical (unpaired) electrons. The standard InChI is InChI=1S/C27H29Cl2N3O6S/c1-27(2,3)38-25(34)21(31-24(33)23-19(28)8-6-9-20(23)29)14-18-13-17(15-39-18)37-12-11-16-7-5-10-22(30-16)32(4)26(35)36/h5-10,13,15,21H,11-12,14H2,1-4H3,(H,31,33)(H,35,36). The number of rotatable bonds is 10. The van der Waals surface area contributed by atoms with Crippen LogP contribution in [0.1, 0.15) is 41.7 Å². The van der Waals surface area contributed by atoms with Crippen molar-refractivity contribution in [3.05, 3.63) is 74.0 Å². The Morgan fingerprint density at radius 1 is 1.13 bits per heavy atom. The van der Waals surface area contributed by atoms with Gasteiger partial charge in [-0.3, -0.25) is 9.69 Å². The van der Waals surface area contributed by atoms with Gasteiger partial charge in [-0.25, -0.2) is 14.6 Å². The van der Waals surface area contributed by atoms with Crippen LogP contribution in [0, 0.1) is 0 Å². The van der Waals surface area contributed by atoms with Crippen LogP contribution >= 0.6 is 34.5 Å². The number of aromatic nitrogens is 1. The molecular formula is C27H29Cl2N3O6S. The summed E-state index contributed by atoms with van der Waals surface area (Å²) in [5.41, 5.74) is 0.00925. The molecule has 0 saturated heterocycles. The van der Waals surface area contributed by atoms with Crippen LogP contribution in [-0.4, -0.2) is 53.4 Å². The highest BCUT2D eigenvalue weighted by molar-refractivity contribution is 7.10. The van der Waals surface area contributed by atoms with Crippen molar-refractivity contribution in [1.82, 2.24) is 10.3 Å². The summed E-state index contributed by atoms with van der Waals surface area (Å²) < 4.78 is 11.4. The molecule has 1 aromatic carbocycles.